The Kier molecular flexibility index (Phi) is 7.25. The molecule has 0 unspecified atom stereocenters. The number of methoxy groups -OCH3 is 1. The third-order valence-electron chi connectivity index (χ3n) is 6.21. The first-order chi connectivity index (χ1) is 16.5. The normalized spacial score (nSPS) is 18.2. The monoisotopic (exact) mass is 463 g/mol. The lowest BCUT2D eigenvalue weighted by Crippen LogP contribution is -2.46. The molecule has 1 fully saturated rings. The molecular formula is C26H29N3O5. The Hall–Kier alpha value is -3.68. The molecule has 1 aromatic carbocycles. The summed E-state index contributed by atoms with van der Waals surface area (Å²) >= 11 is 0. The first-order valence-corrected chi connectivity index (χ1v) is 11.6. The molecule has 1 aliphatic rings. The lowest BCUT2D eigenvalue weighted by atomic mass is 9.83. The molecule has 0 radical (unpaired) electrons. The number of esters is 1. The smallest absolute Gasteiger partial charge is 0.311 e. The van der Waals surface area contributed by atoms with Gasteiger partial charge in [-0.2, -0.15) is 0 Å². The fraction of sp³-hybridized carbons (Fsp3) is 0.385. The van der Waals surface area contributed by atoms with E-state index in [0.717, 1.165) is 18.4 Å². The van der Waals surface area contributed by atoms with E-state index < -0.39 is 17.9 Å². The van der Waals surface area contributed by atoms with Crippen molar-refractivity contribution >= 4 is 17.5 Å². The van der Waals surface area contributed by atoms with Gasteiger partial charge in [0, 0.05) is 30.8 Å². The number of fused-ring (bicyclic) bond motifs is 1. The van der Waals surface area contributed by atoms with Crippen molar-refractivity contribution in [2.24, 2.45) is 5.92 Å². The van der Waals surface area contributed by atoms with Crippen LogP contribution in [0.25, 0.3) is 5.65 Å². The van der Waals surface area contributed by atoms with E-state index in [-0.39, 0.29) is 24.5 Å². The van der Waals surface area contributed by atoms with Crippen LogP contribution in [0.15, 0.2) is 59.5 Å². The number of carbonyl (C=O) groups excluding carboxylic acids is 2. The molecule has 2 aromatic heterocycles. The predicted octanol–water partition coefficient (Wildman–Crippen LogP) is 3.53. The molecule has 3 heterocycles. The number of ether oxygens (including phenoxy) is 2. The molecule has 1 amide bonds. The highest BCUT2D eigenvalue weighted by Gasteiger charge is 2.42. The van der Waals surface area contributed by atoms with E-state index in [4.69, 9.17) is 9.47 Å². The second-order valence-corrected chi connectivity index (χ2v) is 8.39. The maximum absolute atomic E-state index is 13.3. The number of carbonyl (C=O) groups is 2. The highest BCUT2D eigenvalue weighted by Crippen LogP contribution is 2.41. The summed E-state index contributed by atoms with van der Waals surface area (Å²) in [5.74, 6) is -0.310. The Morgan fingerprint density at radius 3 is 2.74 bits per heavy atom. The van der Waals surface area contributed by atoms with Crippen molar-refractivity contribution in [1.82, 2.24) is 14.3 Å². The van der Waals surface area contributed by atoms with Crippen LogP contribution in [0.1, 0.15) is 49.9 Å². The van der Waals surface area contributed by atoms with Gasteiger partial charge in [-0.1, -0.05) is 37.6 Å². The second kappa shape index (κ2) is 10.5. The number of unbranched alkanes of at least 4 members (excludes halogenated alkanes) is 1. The van der Waals surface area contributed by atoms with Gasteiger partial charge in [0.05, 0.1) is 24.8 Å². The number of nitrogens with zero attached hydrogens (tertiary/aromatic N) is 3. The minimum atomic E-state index is -0.549. The van der Waals surface area contributed by atoms with Gasteiger partial charge in [0.1, 0.15) is 18.0 Å². The summed E-state index contributed by atoms with van der Waals surface area (Å²) in [6, 6.07) is 13.6. The Morgan fingerprint density at radius 2 is 1.94 bits per heavy atom. The zero-order chi connectivity index (χ0) is 24.1. The van der Waals surface area contributed by atoms with Gasteiger partial charge in [0.2, 0.25) is 5.91 Å². The van der Waals surface area contributed by atoms with Crippen molar-refractivity contribution in [2.45, 2.75) is 45.3 Å². The molecule has 1 saturated heterocycles. The molecule has 8 nitrogen and oxygen atoms in total. The number of para-hydroxylation sites is 1. The van der Waals surface area contributed by atoms with E-state index in [1.165, 1.54) is 10.5 Å². The minimum absolute atomic E-state index is 0.0256. The number of piperidine rings is 1. The van der Waals surface area contributed by atoms with Gasteiger partial charge >= 0.3 is 5.97 Å². The number of rotatable bonds is 8. The van der Waals surface area contributed by atoms with Gasteiger partial charge in [-0.25, -0.2) is 4.98 Å². The van der Waals surface area contributed by atoms with Crippen LogP contribution < -0.4 is 10.3 Å². The van der Waals surface area contributed by atoms with Crippen molar-refractivity contribution in [3.05, 3.63) is 76.3 Å². The van der Waals surface area contributed by atoms with Gasteiger partial charge in [-0.15, -0.1) is 0 Å². The minimum Gasteiger partial charge on any atom is -0.496 e. The molecule has 8 heteroatoms. The van der Waals surface area contributed by atoms with E-state index >= 15 is 0 Å². The number of likely N-dealkylation sites (tertiary alicyclic amines) is 1. The zero-order valence-corrected chi connectivity index (χ0v) is 19.5. The predicted molar refractivity (Wildman–Crippen MR) is 126 cm³/mol. The van der Waals surface area contributed by atoms with E-state index in [1.807, 2.05) is 24.3 Å². The Labute approximate surface area is 198 Å². The molecule has 0 aliphatic carbocycles. The largest absolute Gasteiger partial charge is 0.496 e. The molecule has 0 N–H and O–H groups in total. The number of hydrogen-bond acceptors (Lipinski definition) is 6. The van der Waals surface area contributed by atoms with Gasteiger partial charge in [-0.05, 0) is 31.0 Å². The Bertz CT molecular complexity index is 1240. The summed E-state index contributed by atoms with van der Waals surface area (Å²) in [5, 5.41) is 0. The summed E-state index contributed by atoms with van der Waals surface area (Å²) in [6.45, 7) is 2.51. The fourth-order valence-electron chi connectivity index (χ4n) is 4.52. The SMILES string of the molecule is CCCCN1C(=O)CC[C@H](C(=O)OCc2cc(=O)n3ccccc3n2)[C@H]1c1ccccc1OC. The van der Waals surface area contributed by atoms with Crippen molar-refractivity contribution in [3.8, 4) is 5.75 Å². The number of amides is 1. The first-order valence-electron chi connectivity index (χ1n) is 11.6. The molecule has 0 bridgehead atoms. The fourth-order valence-corrected chi connectivity index (χ4v) is 4.52. The van der Waals surface area contributed by atoms with Crippen LogP contribution >= 0.6 is 0 Å². The maximum atomic E-state index is 13.3. The summed E-state index contributed by atoms with van der Waals surface area (Å²) in [6.07, 6.45) is 4.08. The standard InChI is InChI=1S/C26H29N3O5/c1-3-4-14-29-23(30)13-12-20(25(29)19-9-5-6-10-21(19)33-2)26(32)34-17-18-16-24(31)28-15-8-7-11-22(28)27-18/h5-11,15-16,20,25H,3-4,12-14,17H2,1-2H3/t20-,25+/m0/s1. The Morgan fingerprint density at radius 1 is 1.15 bits per heavy atom. The van der Waals surface area contributed by atoms with Crippen molar-refractivity contribution < 1.29 is 19.1 Å². The van der Waals surface area contributed by atoms with Crippen molar-refractivity contribution in [2.75, 3.05) is 13.7 Å². The van der Waals surface area contributed by atoms with Crippen LogP contribution in [-0.2, 0) is 20.9 Å². The highest BCUT2D eigenvalue weighted by atomic mass is 16.5. The molecule has 0 saturated carbocycles. The average molecular weight is 464 g/mol. The third kappa shape index (κ3) is 4.81. The summed E-state index contributed by atoms with van der Waals surface area (Å²) in [4.78, 5) is 44.8. The molecule has 0 spiro atoms. The lowest BCUT2D eigenvalue weighted by Gasteiger charge is -2.40. The number of benzene rings is 1. The highest BCUT2D eigenvalue weighted by molar-refractivity contribution is 5.82. The van der Waals surface area contributed by atoms with Gasteiger partial charge < -0.3 is 14.4 Å². The molecule has 2 atom stereocenters. The van der Waals surface area contributed by atoms with E-state index in [1.54, 1.807) is 36.4 Å². The van der Waals surface area contributed by atoms with Crippen LogP contribution in [0.2, 0.25) is 0 Å². The summed E-state index contributed by atoms with van der Waals surface area (Å²) in [5.41, 5.74) is 1.42. The van der Waals surface area contributed by atoms with Crippen LogP contribution in [0.5, 0.6) is 5.75 Å². The topological polar surface area (TPSA) is 90.2 Å². The number of aromatic nitrogens is 2. The van der Waals surface area contributed by atoms with Crippen molar-refractivity contribution in [1.29, 1.82) is 0 Å². The number of hydrogen-bond donors (Lipinski definition) is 0. The van der Waals surface area contributed by atoms with Gasteiger partial charge in [0.25, 0.3) is 5.56 Å². The second-order valence-electron chi connectivity index (χ2n) is 8.39. The molecule has 1 aliphatic heterocycles. The third-order valence-corrected chi connectivity index (χ3v) is 6.21. The van der Waals surface area contributed by atoms with Gasteiger partial charge in [0.15, 0.2) is 0 Å². The van der Waals surface area contributed by atoms with Crippen LogP contribution in [0, 0.1) is 5.92 Å². The maximum Gasteiger partial charge on any atom is 0.311 e. The molecule has 34 heavy (non-hydrogen) atoms. The average Bonchev–Trinajstić information content (AvgIpc) is 2.86. The van der Waals surface area contributed by atoms with E-state index in [2.05, 4.69) is 11.9 Å². The molecule has 178 valence electrons. The molecular weight excluding hydrogens is 434 g/mol. The van der Waals surface area contributed by atoms with Crippen LogP contribution in [-0.4, -0.2) is 39.8 Å². The van der Waals surface area contributed by atoms with E-state index in [0.29, 0.717) is 30.1 Å². The first kappa shape index (κ1) is 23.5. The van der Waals surface area contributed by atoms with Crippen molar-refractivity contribution in [3.63, 3.8) is 0 Å². The lowest BCUT2D eigenvalue weighted by molar-refractivity contribution is -0.158. The molecule has 3 aromatic rings. The number of pyridine rings is 1. The Balaban J connectivity index is 1.60. The quantitative estimate of drug-likeness (QED) is 0.475. The van der Waals surface area contributed by atoms with E-state index in [9.17, 15) is 14.4 Å². The van der Waals surface area contributed by atoms with Crippen LogP contribution in [0.4, 0.5) is 0 Å². The summed E-state index contributed by atoms with van der Waals surface area (Å²) < 4.78 is 12.6. The van der Waals surface area contributed by atoms with Gasteiger partial charge in [-0.3, -0.25) is 18.8 Å². The van der Waals surface area contributed by atoms with Crippen LogP contribution in [0.3, 0.4) is 0 Å². The molecule has 4 rings (SSSR count). The summed E-state index contributed by atoms with van der Waals surface area (Å²) in [7, 11) is 1.58. The zero-order valence-electron chi connectivity index (χ0n) is 19.5.